The Hall–Kier alpha value is -2.51. The van der Waals surface area contributed by atoms with Crippen molar-refractivity contribution in [2.75, 3.05) is 46.0 Å². The Morgan fingerprint density at radius 3 is 2.66 bits per heavy atom. The van der Waals surface area contributed by atoms with Crippen molar-refractivity contribution in [3.05, 3.63) is 0 Å². The van der Waals surface area contributed by atoms with E-state index < -0.39 is 17.7 Å². The second-order valence-corrected chi connectivity index (χ2v) is 9.61. The molecule has 0 radical (unpaired) electrons. The number of nitriles is 1. The molecule has 2 amide bonds. The lowest BCUT2D eigenvalue weighted by Gasteiger charge is -2.38. The highest BCUT2D eigenvalue weighted by molar-refractivity contribution is 5.97. The Bertz CT molecular complexity index is 809. The Morgan fingerprint density at radius 2 is 2.00 bits per heavy atom. The van der Waals surface area contributed by atoms with Crippen LogP contribution in [0.4, 0.5) is 4.79 Å². The van der Waals surface area contributed by atoms with E-state index >= 15 is 0 Å². The molecule has 0 aromatic carbocycles. The molecule has 194 valence electrons. The van der Waals surface area contributed by atoms with E-state index in [2.05, 4.69) is 28.2 Å². The summed E-state index contributed by atoms with van der Waals surface area (Å²) in [4.78, 5) is 38.0. The van der Waals surface area contributed by atoms with E-state index in [9.17, 15) is 14.9 Å². The van der Waals surface area contributed by atoms with E-state index in [4.69, 9.17) is 14.5 Å². The van der Waals surface area contributed by atoms with Crippen molar-refractivity contribution in [2.24, 2.45) is 15.9 Å². The van der Waals surface area contributed by atoms with Crippen LogP contribution >= 0.6 is 0 Å². The highest BCUT2D eigenvalue weighted by Crippen LogP contribution is 2.29. The van der Waals surface area contributed by atoms with Gasteiger partial charge in [-0.3, -0.25) is 9.79 Å². The minimum absolute atomic E-state index is 0.206. The summed E-state index contributed by atoms with van der Waals surface area (Å²) in [5.74, 6) is 0.782. The number of amides is 2. The van der Waals surface area contributed by atoms with Crippen molar-refractivity contribution in [3.63, 3.8) is 0 Å². The average molecular weight is 489 g/mol. The molecule has 1 unspecified atom stereocenters. The van der Waals surface area contributed by atoms with Gasteiger partial charge in [-0.2, -0.15) is 10.3 Å². The number of morpholine rings is 1. The van der Waals surface area contributed by atoms with Crippen LogP contribution in [0.15, 0.2) is 9.98 Å². The van der Waals surface area contributed by atoms with Crippen LogP contribution in [0, 0.1) is 17.2 Å². The monoisotopic (exact) mass is 488 g/mol. The minimum atomic E-state index is -0.859. The quantitative estimate of drug-likeness (QED) is 0.412. The maximum atomic E-state index is 13.6. The Balaban J connectivity index is 1.78. The molecule has 3 fully saturated rings. The summed E-state index contributed by atoms with van der Waals surface area (Å²) in [6.07, 6.45) is 8.37. The van der Waals surface area contributed by atoms with Gasteiger partial charge in [0.05, 0.1) is 19.3 Å². The molecule has 0 bridgehead atoms. The maximum Gasteiger partial charge on any atom is 0.434 e. The van der Waals surface area contributed by atoms with Crippen molar-refractivity contribution in [1.82, 2.24) is 15.1 Å². The van der Waals surface area contributed by atoms with Crippen molar-refractivity contribution >= 4 is 24.2 Å². The molecule has 0 aromatic rings. The molecule has 2 saturated heterocycles. The molecule has 3 aliphatic rings. The highest BCUT2D eigenvalue weighted by atomic mass is 16.5. The lowest BCUT2D eigenvalue weighted by atomic mass is 9.84. The minimum Gasteiger partial charge on any atom is -0.448 e. The third kappa shape index (κ3) is 8.00. The Kier molecular flexibility index (Phi) is 10.5. The summed E-state index contributed by atoms with van der Waals surface area (Å²) in [6.45, 7) is 7.79. The van der Waals surface area contributed by atoms with Crippen LogP contribution in [0.5, 0.6) is 0 Å². The predicted octanol–water partition coefficient (Wildman–Crippen LogP) is 2.74. The van der Waals surface area contributed by atoms with Gasteiger partial charge < -0.3 is 24.6 Å². The number of ether oxygens (including phenoxy) is 2. The fourth-order valence-corrected chi connectivity index (χ4v) is 5.02. The molecule has 1 saturated carbocycles. The molecule has 0 aromatic heterocycles. The molecule has 2 heterocycles. The number of amidine groups is 1. The lowest BCUT2D eigenvalue weighted by molar-refractivity contribution is -0.124. The van der Waals surface area contributed by atoms with Gasteiger partial charge in [0.2, 0.25) is 5.91 Å². The number of nitrogens with zero attached hydrogens (tertiary/aromatic N) is 5. The molecule has 1 N–H and O–H groups in total. The summed E-state index contributed by atoms with van der Waals surface area (Å²) < 4.78 is 10.5. The van der Waals surface area contributed by atoms with Gasteiger partial charge in [0.25, 0.3) is 0 Å². The van der Waals surface area contributed by atoms with Crippen LogP contribution in [0.25, 0.3) is 0 Å². The normalized spacial score (nSPS) is 23.7. The zero-order valence-corrected chi connectivity index (χ0v) is 21.2. The molecule has 1 aliphatic carbocycles. The van der Waals surface area contributed by atoms with Gasteiger partial charge in [-0.1, -0.05) is 39.0 Å². The molecule has 10 heteroatoms. The average Bonchev–Trinajstić information content (AvgIpc) is 2.89. The van der Waals surface area contributed by atoms with Gasteiger partial charge >= 0.3 is 6.09 Å². The topological polar surface area (TPSA) is 120 Å². The number of aliphatic imine (C=N–C) groups is 2. The third-order valence-corrected chi connectivity index (χ3v) is 7.23. The molecule has 35 heavy (non-hydrogen) atoms. The van der Waals surface area contributed by atoms with E-state index in [-0.39, 0.29) is 19.1 Å². The van der Waals surface area contributed by atoms with Crippen molar-refractivity contribution in [3.8, 4) is 6.07 Å². The van der Waals surface area contributed by atoms with E-state index in [1.54, 1.807) is 11.8 Å². The number of nitrogens with one attached hydrogen (secondary N) is 1. The Morgan fingerprint density at radius 1 is 1.26 bits per heavy atom. The van der Waals surface area contributed by atoms with Gasteiger partial charge in [0.1, 0.15) is 30.4 Å². The number of hydrogen-bond acceptors (Lipinski definition) is 7. The van der Waals surface area contributed by atoms with Crippen molar-refractivity contribution in [2.45, 2.75) is 76.8 Å². The standard InChI is InChI=1S/C25H40N6O4/c1-3-30-12-10-25(18-26,11-13-30)29-23(32)21(16-20-8-6-5-7-9-20)28-22-17-34-15-14-31(22)19-27-24(33)35-4-2/h19-21H,3-17H2,1-2H3,(H,29,32). The Labute approximate surface area is 208 Å². The molecular weight excluding hydrogens is 448 g/mol. The summed E-state index contributed by atoms with van der Waals surface area (Å²) in [5, 5.41) is 13.1. The van der Waals surface area contributed by atoms with E-state index in [1.807, 2.05) is 0 Å². The van der Waals surface area contributed by atoms with Crippen LogP contribution in [-0.2, 0) is 14.3 Å². The zero-order valence-electron chi connectivity index (χ0n) is 21.2. The van der Waals surface area contributed by atoms with E-state index in [1.165, 1.54) is 25.6 Å². The lowest BCUT2D eigenvalue weighted by Crippen LogP contribution is -2.56. The number of carbonyl (C=O) groups is 2. The number of piperidine rings is 1. The molecule has 10 nitrogen and oxygen atoms in total. The van der Waals surface area contributed by atoms with Crippen molar-refractivity contribution in [1.29, 1.82) is 5.26 Å². The first-order valence-corrected chi connectivity index (χ1v) is 13.1. The number of rotatable bonds is 8. The number of likely N-dealkylation sites (tertiary alicyclic amines) is 1. The molecular formula is C25H40N6O4. The SMILES string of the molecule is CCOC(=O)N=CN1CCOCC1=NC(CC1CCCCC1)C(=O)NC1(C#N)CCN(CC)CC1. The van der Waals surface area contributed by atoms with Crippen LogP contribution in [-0.4, -0.2) is 91.6 Å². The third-order valence-electron chi connectivity index (χ3n) is 7.23. The van der Waals surface area contributed by atoms with Crippen LogP contribution in [0.2, 0.25) is 0 Å². The van der Waals surface area contributed by atoms with Gasteiger partial charge in [0.15, 0.2) is 0 Å². The first-order valence-electron chi connectivity index (χ1n) is 13.1. The fraction of sp³-hybridized carbons (Fsp3) is 0.800. The smallest absolute Gasteiger partial charge is 0.434 e. The molecule has 2 aliphatic heterocycles. The largest absolute Gasteiger partial charge is 0.448 e. The maximum absolute atomic E-state index is 13.6. The highest BCUT2D eigenvalue weighted by Gasteiger charge is 2.38. The van der Waals surface area contributed by atoms with Crippen LogP contribution in [0.1, 0.15) is 65.2 Å². The molecule has 3 rings (SSSR count). The van der Waals surface area contributed by atoms with Gasteiger partial charge in [-0.15, -0.1) is 0 Å². The summed E-state index contributed by atoms with van der Waals surface area (Å²) in [5.41, 5.74) is -0.859. The zero-order chi connectivity index (χ0) is 25.1. The number of hydrogen-bond donors (Lipinski definition) is 1. The summed E-state index contributed by atoms with van der Waals surface area (Å²) >= 11 is 0. The van der Waals surface area contributed by atoms with E-state index in [0.717, 1.165) is 32.5 Å². The van der Waals surface area contributed by atoms with Gasteiger partial charge in [-0.25, -0.2) is 4.79 Å². The van der Waals surface area contributed by atoms with E-state index in [0.29, 0.717) is 44.2 Å². The second kappa shape index (κ2) is 13.5. The fourth-order valence-electron chi connectivity index (χ4n) is 5.02. The first-order chi connectivity index (χ1) is 17.0. The number of carbonyl (C=O) groups excluding carboxylic acids is 2. The van der Waals surface area contributed by atoms with Gasteiger partial charge in [0, 0.05) is 19.6 Å². The second-order valence-electron chi connectivity index (χ2n) is 9.61. The summed E-state index contributed by atoms with van der Waals surface area (Å²) in [6, 6.07) is 1.77. The first kappa shape index (κ1) is 27.1. The predicted molar refractivity (Wildman–Crippen MR) is 133 cm³/mol. The van der Waals surface area contributed by atoms with Crippen molar-refractivity contribution < 1.29 is 19.1 Å². The van der Waals surface area contributed by atoms with Gasteiger partial charge in [-0.05, 0) is 38.6 Å². The molecule has 1 atom stereocenters. The van der Waals surface area contributed by atoms with Crippen LogP contribution in [0.3, 0.4) is 0 Å². The summed E-state index contributed by atoms with van der Waals surface area (Å²) in [7, 11) is 0. The molecule has 0 spiro atoms. The van der Waals surface area contributed by atoms with Crippen LogP contribution < -0.4 is 5.32 Å².